The van der Waals surface area contributed by atoms with E-state index in [9.17, 15) is 0 Å². The summed E-state index contributed by atoms with van der Waals surface area (Å²) in [6.45, 7) is 0. The molecule has 0 aliphatic heterocycles. The molecule has 0 fully saturated rings. The lowest BCUT2D eigenvalue weighted by Gasteiger charge is -2.19. The van der Waals surface area contributed by atoms with E-state index in [1.165, 1.54) is 185 Å². The fourth-order valence-electron chi connectivity index (χ4n) is 17.8. The summed E-state index contributed by atoms with van der Waals surface area (Å²) in [5, 5.41) is 34.4. The average Bonchev–Trinajstić information content (AvgIpc) is 1.18. The maximum absolute atomic E-state index is 6.71. The first-order valence-electron chi connectivity index (χ1n) is 35.9. The number of benzene rings is 21. The highest BCUT2D eigenvalue weighted by atomic mass is 16.3. The smallest absolute Gasteiger partial charge is 0.143 e. The summed E-state index contributed by atoms with van der Waals surface area (Å²) >= 11 is 0. The topological polar surface area (TPSA) is 26.3 Å². The highest BCUT2D eigenvalue weighted by Gasteiger charge is 2.24. The molecule has 0 saturated heterocycles. The summed E-state index contributed by atoms with van der Waals surface area (Å²) in [6, 6.07) is 133. The number of hydrogen-bond acceptors (Lipinski definition) is 2. The maximum atomic E-state index is 6.71. The Kier molecular flexibility index (Phi) is 12.8. The van der Waals surface area contributed by atoms with Crippen molar-refractivity contribution in [1.82, 2.24) is 0 Å². The third-order valence-corrected chi connectivity index (χ3v) is 22.4. The van der Waals surface area contributed by atoms with Gasteiger partial charge in [-0.1, -0.05) is 315 Å². The lowest BCUT2D eigenvalue weighted by Crippen LogP contribution is -1.92. The highest BCUT2D eigenvalue weighted by molar-refractivity contribution is 6.33. The molecule has 2 heterocycles. The van der Waals surface area contributed by atoms with Crippen molar-refractivity contribution >= 4 is 173 Å². The zero-order valence-electron chi connectivity index (χ0n) is 56.5. The van der Waals surface area contributed by atoms with E-state index < -0.39 is 0 Å². The van der Waals surface area contributed by atoms with Gasteiger partial charge in [0.15, 0.2) is 0 Å². The highest BCUT2D eigenvalue weighted by Crippen LogP contribution is 2.51. The van der Waals surface area contributed by atoms with Crippen LogP contribution in [-0.2, 0) is 0 Å². The monoisotopic (exact) mass is 1320 g/mol. The Balaban J connectivity index is 0.000000131. The van der Waals surface area contributed by atoms with Gasteiger partial charge in [0.05, 0.1) is 0 Å². The van der Waals surface area contributed by atoms with Gasteiger partial charge in [0.25, 0.3) is 0 Å². The van der Waals surface area contributed by atoms with Gasteiger partial charge in [0, 0.05) is 32.3 Å². The molecule has 0 bridgehead atoms. The molecule has 23 rings (SSSR count). The van der Waals surface area contributed by atoms with Crippen molar-refractivity contribution in [3.05, 3.63) is 364 Å². The van der Waals surface area contributed by atoms with E-state index in [0.717, 1.165) is 43.9 Å². The lowest BCUT2D eigenvalue weighted by molar-refractivity contribution is 0.672. The average molecular weight is 1320 g/mol. The second-order valence-corrected chi connectivity index (χ2v) is 27.9. The fraction of sp³-hybridized carbons (Fsp3) is 0. The second kappa shape index (κ2) is 22.9. The summed E-state index contributed by atoms with van der Waals surface area (Å²) < 4.78 is 13.4. The minimum absolute atomic E-state index is 0.908. The van der Waals surface area contributed by atoms with Crippen LogP contribution in [0.4, 0.5) is 0 Å². The molecule has 480 valence electrons. The van der Waals surface area contributed by atoms with Gasteiger partial charge in [-0.3, -0.25) is 0 Å². The molecule has 104 heavy (non-hydrogen) atoms. The molecule has 0 spiro atoms. The van der Waals surface area contributed by atoms with Crippen LogP contribution in [0.15, 0.2) is 373 Å². The summed E-state index contributed by atoms with van der Waals surface area (Å²) in [4.78, 5) is 0. The first kappa shape index (κ1) is 58.2. The van der Waals surface area contributed by atoms with Crippen LogP contribution in [-0.4, -0.2) is 0 Å². The van der Waals surface area contributed by atoms with Crippen LogP contribution in [0.5, 0.6) is 0 Å². The lowest BCUT2D eigenvalue weighted by atomic mass is 9.84. The van der Waals surface area contributed by atoms with Crippen LogP contribution in [0.25, 0.3) is 229 Å². The van der Waals surface area contributed by atoms with Crippen molar-refractivity contribution in [2.45, 2.75) is 0 Å². The molecule has 21 aromatic carbocycles. The molecule has 0 unspecified atom stereocenters. The Labute approximate surface area is 597 Å². The third-order valence-electron chi connectivity index (χ3n) is 22.4. The molecule has 0 saturated carbocycles. The van der Waals surface area contributed by atoms with E-state index in [0.29, 0.717) is 0 Å². The van der Waals surface area contributed by atoms with Gasteiger partial charge in [0.1, 0.15) is 22.3 Å². The molecule has 0 radical (unpaired) electrons. The van der Waals surface area contributed by atoms with Crippen LogP contribution in [0.2, 0.25) is 0 Å². The van der Waals surface area contributed by atoms with E-state index in [-0.39, 0.29) is 0 Å². The Hall–Kier alpha value is -13.7. The summed E-state index contributed by atoms with van der Waals surface area (Å²) in [5.41, 5.74) is 16.0. The third kappa shape index (κ3) is 8.82. The molecule has 23 aromatic rings. The van der Waals surface area contributed by atoms with Gasteiger partial charge in [-0.15, -0.1) is 0 Å². The van der Waals surface area contributed by atoms with Crippen molar-refractivity contribution in [1.29, 1.82) is 0 Å². The summed E-state index contributed by atoms with van der Waals surface area (Å²) in [7, 11) is 0. The van der Waals surface area contributed by atoms with E-state index in [2.05, 4.69) is 364 Å². The van der Waals surface area contributed by atoms with Crippen LogP contribution < -0.4 is 0 Å². The quantitative estimate of drug-likeness (QED) is 0.127. The first-order chi connectivity index (χ1) is 51.6. The largest absolute Gasteiger partial charge is 0.455 e. The molecule has 0 aliphatic carbocycles. The number of rotatable bonds is 5. The van der Waals surface area contributed by atoms with Gasteiger partial charge in [-0.25, -0.2) is 0 Å². The van der Waals surface area contributed by atoms with Gasteiger partial charge >= 0.3 is 0 Å². The van der Waals surface area contributed by atoms with Crippen LogP contribution >= 0.6 is 0 Å². The molecule has 0 amide bonds. The summed E-state index contributed by atoms with van der Waals surface area (Å²) in [5.74, 6) is 0. The molecule has 0 atom stereocenters. The van der Waals surface area contributed by atoms with E-state index in [1.54, 1.807) is 0 Å². The normalized spacial score (nSPS) is 12.0. The number of hydrogen-bond donors (Lipinski definition) is 0. The minimum Gasteiger partial charge on any atom is -0.455 e. The predicted octanol–water partition coefficient (Wildman–Crippen LogP) is 29.3. The van der Waals surface area contributed by atoms with E-state index in [4.69, 9.17) is 8.83 Å². The summed E-state index contributed by atoms with van der Waals surface area (Å²) in [6.07, 6.45) is 0. The van der Waals surface area contributed by atoms with Crippen LogP contribution in [0.1, 0.15) is 0 Å². The van der Waals surface area contributed by atoms with Crippen molar-refractivity contribution in [3.8, 4) is 55.6 Å². The molecular formula is C102H60O2. The van der Waals surface area contributed by atoms with Gasteiger partial charge in [-0.05, 0) is 223 Å². The van der Waals surface area contributed by atoms with Crippen molar-refractivity contribution < 1.29 is 8.83 Å². The van der Waals surface area contributed by atoms with Crippen LogP contribution in [0, 0.1) is 0 Å². The Morgan fingerprint density at radius 3 is 0.962 bits per heavy atom. The Bertz CT molecular complexity index is 7500. The molecule has 0 N–H and O–H groups in total. The SMILES string of the molecule is c1cc(-c2ccc3ccccc3c2)cc(-c2c3ccccc3c(-c3ccc4oc5c6ccccc6c6ccccc6c5c4c3)c3ccccc23)c1.c1ccc2cc3c(ccc4c(-c5c6ccccc6c(-c6ccc7oc8c9ccccc9c9ccccc9c8c7c6)c6ccccc56)cccc43)cc2c1. The molecule has 2 nitrogen and oxygen atoms in total. The van der Waals surface area contributed by atoms with Crippen molar-refractivity contribution in [2.24, 2.45) is 0 Å². The maximum Gasteiger partial charge on any atom is 0.143 e. The Morgan fingerprint density at radius 2 is 0.471 bits per heavy atom. The standard InChI is InChI=1S/C52H30O.C50H30O/c1-2-13-32-29-46-33(28-31(32)12-1)24-26-38-37(46)22-11-23-39(38)50-43-19-8-6-17-41(43)49(42-18-7-9-20-44(42)50)34-25-27-48-47(30-34)51-40-16-5-3-14-35(40)36-15-4-10-21-45(36)52(51)53-48;1-2-13-32-28-34(25-24-31(32)12-1)33-14-11-15-35(29-33)47-40-19-6-8-21-42(40)48(43-22-9-7-20-41(43)47)36-26-27-46-45(30-36)49-39-18-5-3-16-37(39)38-17-4-10-23-44(38)50(49)51-46/h1-30H;1-30H. The molecule has 0 aliphatic rings. The van der Waals surface area contributed by atoms with Crippen molar-refractivity contribution in [3.63, 3.8) is 0 Å². The predicted molar refractivity (Wildman–Crippen MR) is 445 cm³/mol. The van der Waals surface area contributed by atoms with E-state index >= 15 is 0 Å². The number of furan rings is 2. The zero-order valence-corrected chi connectivity index (χ0v) is 56.5. The fourth-order valence-corrected chi connectivity index (χ4v) is 17.8. The minimum atomic E-state index is 0.908. The molecule has 2 heteroatoms. The Morgan fingerprint density at radius 1 is 0.144 bits per heavy atom. The van der Waals surface area contributed by atoms with Gasteiger partial charge in [-0.2, -0.15) is 0 Å². The molecule has 2 aromatic heterocycles. The zero-order chi connectivity index (χ0) is 68.1. The second-order valence-electron chi connectivity index (χ2n) is 27.9. The first-order valence-corrected chi connectivity index (χ1v) is 35.9. The van der Waals surface area contributed by atoms with Gasteiger partial charge < -0.3 is 8.83 Å². The van der Waals surface area contributed by atoms with Crippen molar-refractivity contribution in [2.75, 3.05) is 0 Å². The van der Waals surface area contributed by atoms with E-state index in [1.807, 2.05) is 0 Å². The van der Waals surface area contributed by atoms with Gasteiger partial charge in [0.2, 0.25) is 0 Å². The van der Waals surface area contributed by atoms with Crippen LogP contribution in [0.3, 0.4) is 0 Å². The number of fused-ring (bicyclic) bond motifs is 25. The molecular weight excluding hydrogens is 1260 g/mol.